The average Bonchev–Trinajstić information content (AvgIpc) is 3.82. The molecule has 3 aliphatic rings. The van der Waals surface area contributed by atoms with Crippen molar-refractivity contribution >= 4 is 73.3 Å². The lowest BCUT2D eigenvalue weighted by molar-refractivity contribution is -0.134. The molecule has 0 radical (unpaired) electrons. The van der Waals surface area contributed by atoms with Gasteiger partial charge in [-0.2, -0.15) is 0 Å². The Morgan fingerprint density at radius 2 is 1.64 bits per heavy atom. The Kier molecular flexibility index (Phi) is 14.3. The summed E-state index contributed by atoms with van der Waals surface area (Å²) in [6.45, 7) is 7.68. The Morgan fingerprint density at radius 3 is 2.42 bits per heavy atom. The summed E-state index contributed by atoms with van der Waals surface area (Å²) in [6, 6.07) is 37.0. The van der Waals surface area contributed by atoms with E-state index in [0.29, 0.717) is 70.6 Å². The number of carbonyl (C=O) groups is 4. The molecule has 5 N–H and O–H groups in total. The number of aryl methyl sites for hydroxylation is 1. The van der Waals surface area contributed by atoms with Gasteiger partial charge >= 0.3 is 5.97 Å². The molecule has 10 rings (SSSR count). The molecular formula is C57H57N9O6S. The van der Waals surface area contributed by atoms with E-state index >= 15 is 0 Å². The van der Waals surface area contributed by atoms with Crippen LogP contribution in [0.3, 0.4) is 0 Å². The summed E-state index contributed by atoms with van der Waals surface area (Å²) < 4.78 is 7.40. The SMILES string of the molecule is CNc1cc(N2CCN(CCCCc3ccc(Oc4cccc(-c5ccc(N6CCc7cccc(C(=O)Nc8nc9ccccc9s8)c7C6)nc5C(=O)O)c4C)cc3)CC2)ccc1C(=N)C1CCC(=O)NC1=O. The number of piperazine rings is 1. The van der Waals surface area contributed by atoms with E-state index in [9.17, 15) is 24.3 Å². The number of fused-ring (bicyclic) bond motifs is 2. The van der Waals surface area contributed by atoms with Gasteiger partial charge in [0.15, 0.2) is 10.8 Å². The van der Waals surface area contributed by atoms with Gasteiger partial charge in [-0.05, 0) is 140 Å². The number of thiazole rings is 1. The van der Waals surface area contributed by atoms with Gasteiger partial charge in [0.25, 0.3) is 5.91 Å². The monoisotopic (exact) mass is 995 g/mol. The molecule has 73 heavy (non-hydrogen) atoms. The number of para-hydroxylation sites is 1. The van der Waals surface area contributed by atoms with Gasteiger partial charge in [-0.3, -0.25) is 29.9 Å². The number of aromatic nitrogens is 2. The summed E-state index contributed by atoms with van der Waals surface area (Å²) in [6.07, 6.45) is 4.36. The lowest BCUT2D eigenvalue weighted by atomic mass is 9.88. The number of nitrogens with one attached hydrogen (secondary N) is 4. The molecule has 0 bridgehead atoms. The number of hydrogen-bond donors (Lipinski definition) is 5. The third-order valence-corrected chi connectivity index (χ3v) is 15.2. The smallest absolute Gasteiger partial charge is 0.355 e. The van der Waals surface area contributed by atoms with E-state index in [1.807, 2.05) is 116 Å². The lowest BCUT2D eigenvalue weighted by Crippen LogP contribution is -2.46. The van der Waals surface area contributed by atoms with Crippen LogP contribution >= 0.6 is 11.3 Å². The number of ether oxygens (including phenoxy) is 1. The number of carboxylic acid groups (broad SMARTS) is 1. The van der Waals surface area contributed by atoms with Crippen molar-refractivity contribution in [2.24, 2.45) is 5.92 Å². The van der Waals surface area contributed by atoms with E-state index in [2.05, 4.69) is 48.9 Å². The van der Waals surface area contributed by atoms with Gasteiger partial charge in [-0.1, -0.05) is 59.9 Å². The Bertz CT molecular complexity index is 3220. The van der Waals surface area contributed by atoms with Crippen molar-refractivity contribution in [2.45, 2.75) is 52.0 Å². The summed E-state index contributed by atoms with van der Waals surface area (Å²) in [7, 11) is 1.82. The molecule has 2 saturated heterocycles. The molecule has 5 heterocycles. The zero-order valence-corrected chi connectivity index (χ0v) is 41.7. The molecular weight excluding hydrogens is 939 g/mol. The van der Waals surface area contributed by atoms with Gasteiger partial charge in [0.05, 0.1) is 21.8 Å². The molecule has 5 aromatic carbocycles. The second-order valence-electron chi connectivity index (χ2n) is 18.8. The first-order valence-corrected chi connectivity index (χ1v) is 25.7. The maximum Gasteiger partial charge on any atom is 0.355 e. The number of carboxylic acids is 1. The van der Waals surface area contributed by atoms with Crippen LogP contribution in [0.5, 0.6) is 11.5 Å². The summed E-state index contributed by atoms with van der Waals surface area (Å²) in [5, 5.41) is 28.4. The summed E-state index contributed by atoms with van der Waals surface area (Å²) in [5.41, 5.74) is 9.30. The van der Waals surface area contributed by atoms with Crippen LogP contribution in [0.1, 0.15) is 74.3 Å². The summed E-state index contributed by atoms with van der Waals surface area (Å²) in [5.74, 6) is -0.850. The Labute approximate surface area is 427 Å². The number of carbonyl (C=O) groups excluding carboxylic acids is 3. The molecule has 3 amide bonds. The van der Waals surface area contributed by atoms with E-state index < -0.39 is 17.8 Å². The number of benzene rings is 5. The zero-order valence-electron chi connectivity index (χ0n) is 40.9. The van der Waals surface area contributed by atoms with E-state index in [1.165, 1.54) is 16.9 Å². The van der Waals surface area contributed by atoms with Crippen molar-refractivity contribution in [1.29, 1.82) is 5.41 Å². The van der Waals surface area contributed by atoms with Crippen molar-refractivity contribution in [3.8, 4) is 22.6 Å². The number of imide groups is 1. The summed E-state index contributed by atoms with van der Waals surface area (Å²) in [4.78, 5) is 66.8. The maximum absolute atomic E-state index is 13.7. The standard InChI is InChI=1S/C57H57N9O6S/c1-35-40(41-22-24-50(61-53(41)56(70)71)66-28-26-37-10-7-12-42(45(37)34-66)54(68)63-57-60-46-13-3-4-15-49(46)73-57)11-8-14-48(35)72-39-19-16-36(17-20-39)9-5-6-27-64-29-31-65(32-30-64)38-18-21-43(47(33-38)59-2)52(58)44-23-25-51(67)62-55(44)69/h3-4,7-8,10-22,24,33,44,58-59H,5-6,9,23,25-32,34H2,1-2H3,(H,70,71)(H,60,63,68)(H,62,67,69). The molecule has 15 nitrogen and oxygen atoms in total. The van der Waals surface area contributed by atoms with Gasteiger partial charge in [-0.25, -0.2) is 14.8 Å². The van der Waals surface area contributed by atoms with Crippen LogP contribution in [0.4, 0.5) is 22.3 Å². The van der Waals surface area contributed by atoms with Crippen LogP contribution in [0.15, 0.2) is 115 Å². The maximum atomic E-state index is 13.7. The van der Waals surface area contributed by atoms with E-state index in [-0.39, 0.29) is 29.6 Å². The molecule has 0 saturated carbocycles. The minimum absolute atomic E-state index is 0.0593. The number of pyridine rings is 1. The number of aromatic carboxylic acids is 1. The summed E-state index contributed by atoms with van der Waals surface area (Å²) >= 11 is 1.43. The van der Waals surface area contributed by atoms with Crippen LogP contribution in [0, 0.1) is 18.3 Å². The molecule has 1 atom stereocenters. The van der Waals surface area contributed by atoms with E-state index in [4.69, 9.17) is 15.1 Å². The molecule has 3 aliphatic heterocycles. The minimum Gasteiger partial charge on any atom is -0.476 e. The first-order chi connectivity index (χ1) is 35.5. The topological polar surface area (TPSA) is 193 Å². The van der Waals surface area contributed by atoms with Crippen LogP contribution in [-0.4, -0.2) is 95.7 Å². The first-order valence-electron chi connectivity index (χ1n) is 24.8. The van der Waals surface area contributed by atoms with Gasteiger partial charge in [-0.15, -0.1) is 0 Å². The normalized spacial score (nSPS) is 15.9. The van der Waals surface area contributed by atoms with E-state index in [0.717, 1.165) is 90.3 Å². The molecule has 2 aromatic heterocycles. The van der Waals surface area contributed by atoms with Gasteiger partial charge in [0, 0.05) is 80.8 Å². The Hall–Kier alpha value is -7.95. The molecule has 7 aromatic rings. The van der Waals surface area contributed by atoms with Crippen molar-refractivity contribution in [3.05, 3.63) is 154 Å². The van der Waals surface area contributed by atoms with Crippen LogP contribution in [0.2, 0.25) is 0 Å². The highest BCUT2D eigenvalue weighted by molar-refractivity contribution is 7.22. The molecule has 2 fully saturated rings. The highest BCUT2D eigenvalue weighted by Crippen LogP contribution is 2.37. The first kappa shape index (κ1) is 48.7. The number of rotatable bonds is 16. The minimum atomic E-state index is -1.13. The van der Waals surface area contributed by atoms with Crippen molar-refractivity contribution in [2.75, 3.05) is 66.7 Å². The van der Waals surface area contributed by atoms with E-state index in [1.54, 1.807) is 0 Å². The highest BCUT2D eigenvalue weighted by Gasteiger charge is 2.32. The molecule has 16 heteroatoms. The van der Waals surface area contributed by atoms with Crippen LogP contribution in [0.25, 0.3) is 21.3 Å². The van der Waals surface area contributed by atoms with Crippen LogP contribution < -0.4 is 30.5 Å². The number of anilines is 4. The van der Waals surface area contributed by atoms with Gasteiger partial charge < -0.3 is 30.4 Å². The number of nitrogens with zero attached hydrogens (tertiary/aromatic N) is 5. The van der Waals surface area contributed by atoms with Crippen molar-refractivity contribution in [3.63, 3.8) is 0 Å². The molecule has 0 aliphatic carbocycles. The number of hydrogen-bond acceptors (Lipinski definition) is 13. The van der Waals surface area contributed by atoms with Gasteiger partial charge in [0.2, 0.25) is 11.8 Å². The van der Waals surface area contributed by atoms with Gasteiger partial charge in [0.1, 0.15) is 17.3 Å². The van der Waals surface area contributed by atoms with Crippen LogP contribution in [-0.2, 0) is 29.0 Å². The fraction of sp³-hybridized carbons (Fsp3) is 0.281. The fourth-order valence-corrected chi connectivity index (χ4v) is 11.0. The van der Waals surface area contributed by atoms with Crippen molar-refractivity contribution in [1.82, 2.24) is 20.2 Å². The second kappa shape index (κ2) is 21.4. The molecule has 372 valence electrons. The third kappa shape index (κ3) is 10.7. The predicted molar refractivity (Wildman–Crippen MR) is 287 cm³/mol. The number of piperidine rings is 1. The second-order valence-corrected chi connectivity index (χ2v) is 19.8. The predicted octanol–water partition coefficient (Wildman–Crippen LogP) is 9.58. The Balaban J connectivity index is 0.716. The fourth-order valence-electron chi connectivity index (χ4n) is 10.2. The number of amides is 3. The lowest BCUT2D eigenvalue weighted by Gasteiger charge is -2.36. The number of unbranched alkanes of at least 4 members (excludes halogenated alkanes) is 1. The van der Waals surface area contributed by atoms with Crippen molar-refractivity contribution < 1.29 is 29.0 Å². The largest absolute Gasteiger partial charge is 0.476 e. The Morgan fingerprint density at radius 1 is 0.836 bits per heavy atom. The zero-order chi connectivity index (χ0) is 50.6. The highest BCUT2D eigenvalue weighted by atomic mass is 32.1. The molecule has 0 spiro atoms. The average molecular weight is 996 g/mol. The third-order valence-electron chi connectivity index (χ3n) is 14.2. The molecule has 1 unspecified atom stereocenters. The quantitative estimate of drug-likeness (QED) is 0.0350.